The van der Waals surface area contributed by atoms with Crippen LogP contribution >= 0.6 is 0 Å². The van der Waals surface area contributed by atoms with Crippen LogP contribution in [0.2, 0.25) is 0 Å². The fourth-order valence-electron chi connectivity index (χ4n) is 1.13. The van der Waals surface area contributed by atoms with E-state index in [1.807, 2.05) is 0 Å². The normalized spacial score (nSPS) is 10.5. The summed E-state index contributed by atoms with van der Waals surface area (Å²) in [5, 5.41) is 2.81. The van der Waals surface area contributed by atoms with E-state index >= 15 is 0 Å². The zero-order valence-corrected chi connectivity index (χ0v) is 9.37. The van der Waals surface area contributed by atoms with Gasteiger partial charge in [0.15, 0.2) is 11.6 Å². The molecule has 0 radical (unpaired) electrons. The molecule has 0 spiro atoms. The van der Waals surface area contributed by atoms with E-state index in [9.17, 15) is 13.6 Å². The van der Waals surface area contributed by atoms with Gasteiger partial charge in [0.1, 0.15) is 0 Å². The van der Waals surface area contributed by atoms with Gasteiger partial charge in [0, 0.05) is 24.4 Å². The molecule has 1 aromatic rings. The first-order chi connectivity index (χ1) is 8.13. The summed E-state index contributed by atoms with van der Waals surface area (Å²) in [5.74, 6) is -2.23. The Morgan fingerprint density at radius 1 is 1.41 bits per heavy atom. The quantitative estimate of drug-likeness (QED) is 0.635. The number of ether oxygens (including phenoxy) is 1. The maximum absolute atomic E-state index is 12.8. The standard InChI is InChI=1S/C12H13F2NO2/c1-2-17-12(16)4-3-7-15-9-5-6-10(13)11(14)8-9/h3-6,8,15H,2,7H2,1H3/b4-3+. The Kier molecular flexibility index (Phi) is 5.13. The van der Waals surface area contributed by atoms with Crippen molar-refractivity contribution in [3.8, 4) is 0 Å². The largest absolute Gasteiger partial charge is 0.463 e. The number of esters is 1. The second-order valence-electron chi connectivity index (χ2n) is 3.16. The van der Waals surface area contributed by atoms with E-state index in [1.54, 1.807) is 13.0 Å². The summed E-state index contributed by atoms with van der Waals surface area (Å²) in [4.78, 5) is 10.9. The zero-order valence-electron chi connectivity index (χ0n) is 9.37. The molecule has 1 N–H and O–H groups in total. The van der Waals surface area contributed by atoms with Crippen molar-refractivity contribution in [2.45, 2.75) is 6.92 Å². The van der Waals surface area contributed by atoms with Crippen molar-refractivity contribution in [2.75, 3.05) is 18.5 Å². The number of carbonyl (C=O) groups is 1. The second-order valence-corrected chi connectivity index (χ2v) is 3.16. The minimum atomic E-state index is -0.913. The molecule has 0 saturated heterocycles. The van der Waals surface area contributed by atoms with Crippen molar-refractivity contribution in [3.05, 3.63) is 42.0 Å². The van der Waals surface area contributed by atoms with Gasteiger partial charge in [-0.1, -0.05) is 6.08 Å². The first-order valence-electron chi connectivity index (χ1n) is 5.15. The fourth-order valence-corrected chi connectivity index (χ4v) is 1.13. The van der Waals surface area contributed by atoms with Crippen molar-refractivity contribution >= 4 is 11.7 Å². The summed E-state index contributed by atoms with van der Waals surface area (Å²) in [6, 6.07) is 3.50. The number of halogens is 2. The van der Waals surface area contributed by atoms with Crippen molar-refractivity contribution in [1.82, 2.24) is 0 Å². The van der Waals surface area contributed by atoms with E-state index in [0.29, 0.717) is 18.8 Å². The number of anilines is 1. The fraction of sp³-hybridized carbons (Fsp3) is 0.250. The van der Waals surface area contributed by atoms with Crippen LogP contribution < -0.4 is 5.32 Å². The Hall–Kier alpha value is -1.91. The van der Waals surface area contributed by atoms with Gasteiger partial charge in [-0.05, 0) is 19.1 Å². The van der Waals surface area contributed by atoms with Crippen LogP contribution in [0.5, 0.6) is 0 Å². The van der Waals surface area contributed by atoms with Crippen LogP contribution in [0.3, 0.4) is 0 Å². The lowest BCUT2D eigenvalue weighted by molar-refractivity contribution is -0.137. The average molecular weight is 241 g/mol. The number of rotatable bonds is 5. The van der Waals surface area contributed by atoms with E-state index in [4.69, 9.17) is 0 Å². The van der Waals surface area contributed by atoms with Gasteiger partial charge in [-0.25, -0.2) is 13.6 Å². The first-order valence-corrected chi connectivity index (χ1v) is 5.15. The van der Waals surface area contributed by atoms with Gasteiger partial charge in [-0.15, -0.1) is 0 Å². The van der Waals surface area contributed by atoms with Crippen molar-refractivity contribution in [2.24, 2.45) is 0 Å². The monoisotopic (exact) mass is 241 g/mol. The SMILES string of the molecule is CCOC(=O)/C=C/CNc1ccc(F)c(F)c1. The molecule has 0 aliphatic rings. The highest BCUT2D eigenvalue weighted by atomic mass is 19.2. The van der Waals surface area contributed by atoms with E-state index in [1.165, 1.54) is 12.1 Å². The topological polar surface area (TPSA) is 38.3 Å². The minimum Gasteiger partial charge on any atom is -0.463 e. The van der Waals surface area contributed by atoms with Gasteiger partial charge >= 0.3 is 5.97 Å². The highest BCUT2D eigenvalue weighted by Crippen LogP contribution is 2.12. The number of carbonyl (C=O) groups excluding carboxylic acids is 1. The number of benzene rings is 1. The Labute approximate surface area is 98.1 Å². The van der Waals surface area contributed by atoms with E-state index in [-0.39, 0.29) is 0 Å². The van der Waals surface area contributed by atoms with Gasteiger partial charge in [0.25, 0.3) is 0 Å². The summed E-state index contributed by atoms with van der Waals surface area (Å²) < 4.78 is 30.1. The Bertz CT molecular complexity index is 419. The van der Waals surface area contributed by atoms with Crippen LogP contribution in [-0.4, -0.2) is 19.1 Å². The Balaban J connectivity index is 2.40. The van der Waals surface area contributed by atoms with E-state index in [2.05, 4.69) is 10.1 Å². The van der Waals surface area contributed by atoms with Gasteiger partial charge in [-0.2, -0.15) is 0 Å². The molecule has 5 heteroatoms. The summed E-state index contributed by atoms with van der Waals surface area (Å²) in [5.41, 5.74) is 0.442. The van der Waals surface area contributed by atoms with Gasteiger partial charge in [0.2, 0.25) is 0 Å². The molecular weight excluding hydrogens is 228 g/mol. The molecule has 3 nitrogen and oxygen atoms in total. The summed E-state index contributed by atoms with van der Waals surface area (Å²) >= 11 is 0. The number of nitrogens with one attached hydrogen (secondary N) is 1. The van der Waals surface area contributed by atoms with Gasteiger partial charge < -0.3 is 10.1 Å². The third-order valence-electron chi connectivity index (χ3n) is 1.88. The molecule has 0 heterocycles. The highest BCUT2D eigenvalue weighted by molar-refractivity contribution is 5.81. The molecule has 0 aromatic heterocycles. The number of hydrogen-bond donors (Lipinski definition) is 1. The molecule has 0 fully saturated rings. The molecular formula is C12H13F2NO2. The minimum absolute atomic E-state index is 0.319. The lowest BCUT2D eigenvalue weighted by Gasteiger charge is -2.03. The Morgan fingerprint density at radius 3 is 2.82 bits per heavy atom. The van der Waals surface area contributed by atoms with Crippen molar-refractivity contribution in [1.29, 1.82) is 0 Å². The molecule has 1 aromatic carbocycles. The summed E-state index contributed by atoms with van der Waals surface area (Å²) in [7, 11) is 0. The molecule has 92 valence electrons. The second kappa shape index (κ2) is 6.62. The Morgan fingerprint density at radius 2 is 2.18 bits per heavy atom. The average Bonchev–Trinajstić information content (AvgIpc) is 2.29. The van der Waals surface area contributed by atoms with Crippen LogP contribution in [0, 0.1) is 11.6 Å². The predicted molar refractivity (Wildman–Crippen MR) is 60.6 cm³/mol. The van der Waals surface area contributed by atoms with Gasteiger partial charge in [-0.3, -0.25) is 0 Å². The lowest BCUT2D eigenvalue weighted by atomic mass is 10.3. The maximum Gasteiger partial charge on any atom is 0.330 e. The number of hydrogen-bond acceptors (Lipinski definition) is 3. The van der Waals surface area contributed by atoms with Crippen molar-refractivity contribution in [3.63, 3.8) is 0 Å². The van der Waals surface area contributed by atoms with E-state index in [0.717, 1.165) is 12.1 Å². The third kappa shape index (κ3) is 4.63. The van der Waals surface area contributed by atoms with Crippen LogP contribution in [0.25, 0.3) is 0 Å². The third-order valence-corrected chi connectivity index (χ3v) is 1.88. The molecule has 0 amide bonds. The highest BCUT2D eigenvalue weighted by Gasteiger charge is 2.01. The summed E-state index contributed by atoms with van der Waals surface area (Å²) in [6.07, 6.45) is 2.82. The maximum atomic E-state index is 12.8. The predicted octanol–water partition coefficient (Wildman–Crippen LogP) is 2.50. The van der Waals surface area contributed by atoms with Crippen molar-refractivity contribution < 1.29 is 18.3 Å². The lowest BCUT2D eigenvalue weighted by Crippen LogP contribution is -2.02. The van der Waals surface area contributed by atoms with Crippen LogP contribution in [0.1, 0.15) is 6.92 Å². The molecule has 1 rings (SSSR count). The van der Waals surface area contributed by atoms with Crippen LogP contribution in [0.4, 0.5) is 14.5 Å². The molecule has 0 aliphatic heterocycles. The van der Waals surface area contributed by atoms with Crippen LogP contribution in [-0.2, 0) is 9.53 Å². The molecule has 0 aliphatic carbocycles. The first kappa shape index (κ1) is 13.2. The molecule has 0 bridgehead atoms. The molecule has 0 unspecified atom stereocenters. The van der Waals surface area contributed by atoms with Gasteiger partial charge in [0.05, 0.1) is 6.61 Å². The van der Waals surface area contributed by atoms with Crippen LogP contribution in [0.15, 0.2) is 30.4 Å². The summed E-state index contributed by atoms with van der Waals surface area (Å²) in [6.45, 7) is 2.36. The molecule has 0 saturated carbocycles. The zero-order chi connectivity index (χ0) is 12.7. The van der Waals surface area contributed by atoms with E-state index < -0.39 is 17.6 Å². The smallest absolute Gasteiger partial charge is 0.330 e. The molecule has 0 atom stereocenters. The molecule has 17 heavy (non-hydrogen) atoms.